The number of hydrogen-bond donors (Lipinski definition) is 1. The molecule has 1 N–H and O–H groups in total. The maximum atomic E-state index is 12.0. The predicted octanol–water partition coefficient (Wildman–Crippen LogP) is 0.983. The average Bonchev–Trinajstić information content (AvgIpc) is 2.43. The molecule has 0 aliphatic rings. The number of sulfonamides is 1. The lowest BCUT2D eigenvalue weighted by Gasteiger charge is -2.09. The van der Waals surface area contributed by atoms with Gasteiger partial charge in [-0.3, -0.25) is 4.84 Å². The molecule has 0 fully saturated rings. The summed E-state index contributed by atoms with van der Waals surface area (Å²) in [6.45, 7) is 0.252. The van der Waals surface area contributed by atoms with E-state index >= 15 is 0 Å². The van der Waals surface area contributed by atoms with Crippen molar-refractivity contribution in [1.82, 2.24) is 4.89 Å². The van der Waals surface area contributed by atoms with E-state index in [4.69, 9.17) is 21.2 Å². The Balaban J connectivity index is 2.96. The number of ether oxygens (including phenoxy) is 2. The number of nitrogens with one attached hydrogen (secondary N) is 1. The van der Waals surface area contributed by atoms with Gasteiger partial charge in [0.15, 0.2) is 0 Å². The topological polar surface area (TPSA) is 90.9 Å². The smallest absolute Gasteiger partial charge is 0.337 e. The van der Waals surface area contributed by atoms with Gasteiger partial charge in [-0.1, -0.05) is 16.5 Å². The van der Waals surface area contributed by atoms with Crippen molar-refractivity contribution in [2.24, 2.45) is 0 Å². The number of esters is 1. The van der Waals surface area contributed by atoms with Crippen LogP contribution in [-0.2, 0) is 24.3 Å². The fraction of sp³-hybridized carbons (Fsp3) is 0.364. The summed E-state index contributed by atoms with van der Waals surface area (Å²) in [5.74, 6) is -0.668. The fourth-order valence-corrected chi connectivity index (χ4v) is 2.60. The maximum absolute atomic E-state index is 12.0. The summed E-state index contributed by atoms with van der Waals surface area (Å²) in [5.41, 5.74) is 0.0640. The lowest BCUT2D eigenvalue weighted by Crippen LogP contribution is -2.26. The number of methoxy groups -OCH3 is 2. The molecule has 9 heteroatoms. The van der Waals surface area contributed by atoms with Gasteiger partial charge in [0.1, 0.15) is 4.90 Å². The molecule has 0 saturated carbocycles. The van der Waals surface area contributed by atoms with Crippen LogP contribution in [0.2, 0.25) is 5.02 Å². The molecular weight excluding hydrogens is 310 g/mol. The SMILES string of the molecule is COCCONS(=O)(=O)c1cc(C(=O)OC)ccc1Cl. The van der Waals surface area contributed by atoms with Crippen LogP contribution in [-0.4, -0.2) is 41.8 Å². The quantitative estimate of drug-likeness (QED) is 0.457. The molecule has 0 unspecified atom stereocenters. The van der Waals surface area contributed by atoms with Crippen molar-refractivity contribution in [3.63, 3.8) is 0 Å². The molecule has 0 spiro atoms. The number of hydrogen-bond acceptors (Lipinski definition) is 6. The molecule has 1 aromatic carbocycles. The zero-order valence-corrected chi connectivity index (χ0v) is 12.5. The van der Waals surface area contributed by atoms with E-state index in [0.29, 0.717) is 0 Å². The highest BCUT2D eigenvalue weighted by atomic mass is 35.5. The molecule has 0 aliphatic heterocycles. The number of halogens is 1. The Labute approximate surface area is 121 Å². The first kappa shape index (κ1) is 16.9. The van der Waals surface area contributed by atoms with E-state index in [1.165, 1.54) is 26.4 Å². The summed E-state index contributed by atoms with van der Waals surface area (Å²) in [4.78, 5) is 17.7. The summed E-state index contributed by atoms with van der Waals surface area (Å²) in [7, 11) is -1.36. The number of rotatable bonds is 7. The Kier molecular flexibility index (Phi) is 6.37. The van der Waals surface area contributed by atoms with E-state index < -0.39 is 16.0 Å². The van der Waals surface area contributed by atoms with E-state index in [1.807, 2.05) is 4.89 Å². The minimum absolute atomic E-state index is 0.0318. The van der Waals surface area contributed by atoms with Crippen LogP contribution < -0.4 is 4.89 Å². The van der Waals surface area contributed by atoms with E-state index in [0.717, 1.165) is 6.07 Å². The maximum Gasteiger partial charge on any atom is 0.337 e. The van der Waals surface area contributed by atoms with Gasteiger partial charge in [0.05, 0.1) is 30.9 Å². The highest BCUT2D eigenvalue weighted by Gasteiger charge is 2.20. The zero-order valence-electron chi connectivity index (χ0n) is 10.9. The Morgan fingerprint density at radius 3 is 2.60 bits per heavy atom. The summed E-state index contributed by atoms with van der Waals surface area (Å²) in [6.07, 6.45) is 0. The molecular formula is C11H14ClNO6S. The summed E-state index contributed by atoms with van der Waals surface area (Å²) >= 11 is 5.82. The van der Waals surface area contributed by atoms with Crippen LogP contribution in [0.25, 0.3) is 0 Å². The van der Waals surface area contributed by atoms with Crippen molar-refractivity contribution in [1.29, 1.82) is 0 Å². The normalized spacial score (nSPS) is 11.3. The second kappa shape index (κ2) is 7.55. The Morgan fingerprint density at radius 2 is 2.00 bits per heavy atom. The summed E-state index contributed by atoms with van der Waals surface area (Å²) in [5, 5.41) is -0.0412. The standard InChI is InChI=1S/C11H14ClNO6S/c1-17-5-6-19-13-20(15,16)10-7-8(11(14)18-2)3-4-9(10)12/h3-4,7,13H,5-6H2,1-2H3. The molecule has 1 rings (SSSR count). The molecule has 7 nitrogen and oxygen atoms in total. The van der Waals surface area contributed by atoms with Gasteiger partial charge in [0.2, 0.25) is 0 Å². The van der Waals surface area contributed by atoms with Crippen LogP contribution >= 0.6 is 11.6 Å². The number of benzene rings is 1. The van der Waals surface area contributed by atoms with Crippen molar-refractivity contribution in [2.45, 2.75) is 4.90 Å². The van der Waals surface area contributed by atoms with Crippen LogP contribution in [0.4, 0.5) is 0 Å². The van der Waals surface area contributed by atoms with Gasteiger partial charge in [-0.2, -0.15) is 0 Å². The van der Waals surface area contributed by atoms with E-state index in [-0.39, 0.29) is 28.7 Å². The first-order chi connectivity index (χ1) is 9.42. The van der Waals surface area contributed by atoms with Gasteiger partial charge in [-0.25, -0.2) is 13.2 Å². The van der Waals surface area contributed by atoms with Crippen LogP contribution in [0.5, 0.6) is 0 Å². The van der Waals surface area contributed by atoms with Gasteiger partial charge in [-0.15, -0.1) is 0 Å². The average molecular weight is 324 g/mol. The highest BCUT2D eigenvalue weighted by molar-refractivity contribution is 7.89. The summed E-state index contributed by atoms with van der Waals surface area (Å²) < 4.78 is 33.1. The van der Waals surface area contributed by atoms with Crippen molar-refractivity contribution in [3.05, 3.63) is 28.8 Å². The summed E-state index contributed by atoms with van der Waals surface area (Å²) in [6, 6.07) is 3.76. The van der Waals surface area contributed by atoms with Gasteiger partial charge in [0, 0.05) is 7.11 Å². The van der Waals surface area contributed by atoms with Gasteiger partial charge in [-0.05, 0) is 18.2 Å². The van der Waals surface area contributed by atoms with Crippen molar-refractivity contribution in [2.75, 3.05) is 27.4 Å². The molecule has 0 amide bonds. The third-order valence-electron chi connectivity index (χ3n) is 2.20. The molecule has 0 atom stereocenters. The van der Waals surface area contributed by atoms with Gasteiger partial charge >= 0.3 is 5.97 Å². The lowest BCUT2D eigenvalue weighted by molar-refractivity contribution is 0.0438. The third kappa shape index (κ3) is 4.43. The highest BCUT2D eigenvalue weighted by Crippen LogP contribution is 2.22. The van der Waals surface area contributed by atoms with Crippen molar-refractivity contribution >= 4 is 27.6 Å². The molecule has 0 heterocycles. The second-order valence-corrected chi connectivity index (χ2v) is 5.59. The van der Waals surface area contributed by atoms with Crippen LogP contribution in [0, 0.1) is 0 Å². The monoisotopic (exact) mass is 323 g/mol. The molecule has 0 bridgehead atoms. The Hall–Kier alpha value is -1.19. The van der Waals surface area contributed by atoms with Crippen LogP contribution in [0.15, 0.2) is 23.1 Å². The van der Waals surface area contributed by atoms with E-state index in [9.17, 15) is 13.2 Å². The molecule has 0 saturated heterocycles. The molecule has 1 aromatic rings. The number of carbonyl (C=O) groups is 1. The minimum Gasteiger partial charge on any atom is -0.465 e. The zero-order chi connectivity index (χ0) is 15.2. The Morgan fingerprint density at radius 1 is 1.30 bits per heavy atom. The fourth-order valence-electron chi connectivity index (χ4n) is 1.24. The first-order valence-corrected chi connectivity index (χ1v) is 7.29. The molecule has 0 radical (unpaired) electrons. The second-order valence-electron chi connectivity index (χ2n) is 3.56. The predicted molar refractivity (Wildman–Crippen MR) is 70.9 cm³/mol. The van der Waals surface area contributed by atoms with Crippen LogP contribution in [0.1, 0.15) is 10.4 Å². The van der Waals surface area contributed by atoms with Crippen molar-refractivity contribution < 1.29 is 27.5 Å². The van der Waals surface area contributed by atoms with Gasteiger partial charge in [0.25, 0.3) is 10.0 Å². The Bertz CT molecular complexity index is 574. The molecule has 0 aliphatic carbocycles. The first-order valence-electron chi connectivity index (χ1n) is 5.42. The minimum atomic E-state index is -4.00. The van der Waals surface area contributed by atoms with Crippen molar-refractivity contribution in [3.8, 4) is 0 Å². The number of carbonyl (C=O) groups excluding carboxylic acids is 1. The largest absolute Gasteiger partial charge is 0.465 e. The van der Waals surface area contributed by atoms with E-state index in [1.54, 1.807) is 0 Å². The van der Waals surface area contributed by atoms with E-state index in [2.05, 4.69) is 4.74 Å². The molecule has 112 valence electrons. The third-order valence-corrected chi connectivity index (χ3v) is 3.90. The van der Waals surface area contributed by atoms with Crippen LogP contribution in [0.3, 0.4) is 0 Å². The molecule has 0 aromatic heterocycles. The lowest BCUT2D eigenvalue weighted by atomic mass is 10.2. The van der Waals surface area contributed by atoms with Gasteiger partial charge < -0.3 is 9.47 Å². The molecule has 20 heavy (non-hydrogen) atoms.